The van der Waals surface area contributed by atoms with Crippen molar-refractivity contribution in [3.8, 4) is 11.4 Å². The lowest BCUT2D eigenvalue weighted by molar-refractivity contribution is -0.123. The molecular formula is C28H33N3O2S2. The van der Waals surface area contributed by atoms with E-state index >= 15 is 0 Å². The van der Waals surface area contributed by atoms with Gasteiger partial charge < -0.3 is 9.30 Å². The smallest absolute Gasteiger partial charge is 0.277 e. The number of hydrogen-bond donors (Lipinski definition) is 1. The van der Waals surface area contributed by atoms with Gasteiger partial charge in [-0.05, 0) is 60.7 Å². The monoisotopic (exact) mass is 507 g/mol. The number of ether oxygens (including phenoxy) is 1. The van der Waals surface area contributed by atoms with Crippen LogP contribution in [0.15, 0.2) is 59.7 Å². The van der Waals surface area contributed by atoms with Gasteiger partial charge in [-0.2, -0.15) is 5.10 Å². The van der Waals surface area contributed by atoms with Gasteiger partial charge in [-0.25, -0.2) is 5.43 Å². The quantitative estimate of drug-likeness (QED) is 0.297. The molecule has 35 heavy (non-hydrogen) atoms. The van der Waals surface area contributed by atoms with E-state index in [2.05, 4.69) is 92.2 Å². The molecular weight excluding hydrogens is 474 g/mol. The minimum atomic E-state index is -0.293. The summed E-state index contributed by atoms with van der Waals surface area (Å²) < 4.78 is 8.33. The van der Waals surface area contributed by atoms with Crippen molar-refractivity contribution >= 4 is 35.6 Å². The van der Waals surface area contributed by atoms with Crippen LogP contribution in [0.2, 0.25) is 0 Å². The van der Waals surface area contributed by atoms with Gasteiger partial charge in [0.25, 0.3) is 5.91 Å². The molecule has 7 heteroatoms. The summed E-state index contributed by atoms with van der Waals surface area (Å²) in [5, 5.41) is 4.15. The predicted molar refractivity (Wildman–Crippen MR) is 149 cm³/mol. The standard InChI is InChI=1S/C28H33N3O2S2/c1-19-16-22(20(2)31(19)24-10-8-23(9-11-24)28(3,4)5)17-29-30-26(32)18-33-25-12-6-21(7-13-25)27-34-14-15-35-27/h6-13,16-17,27H,14-15,18H2,1-5H3,(H,30,32)/b29-17-. The molecule has 1 amide bonds. The molecule has 4 rings (SSSR count). The Balaban J connectivity index is 1.32. The lowest BCUT2D eigenvalue weighted by atomic mass is 9.87. The van der Waals surface area contributed by atoms with Crippen LogP contribution in [0.1, 0.15) is 53.4 Å². The number of benzene rings is 2. The Kier molecular flexibility index (Phi) is 7.97. The third-order valence-corrected chi connectivity index (χ3v) is 9.10. The molecule has 0 atom stereocenters. The van der Waals surface area contributed by atoms with E-state index in [4.69, 9.17) is 4.74 Å². The first-order valence-electron chi connectivity index (χ1n) is 11.8. The number of carbonyl (C=O) groups excluding carboxylic acids is 1. The van der Waals surface area contributed by atoms with Gasteiger partial charge in [-0.3, -0.25) is 4.79 Å². The Morgan fingerprint density at radius 2 is 1.74 bits per heavy atom. The van der Waals surface area contributed by atoms with E-state index in [0.29, 0.717) is 10.3 Å². The topological polar surface area (TPSA) is 55.6 Å². The summed E-state index contributed by atoms with van der Waals surface area (Å²) in [6, 6.07) is 18.7. The number of hydrogen-bond acceptors (Lipinski definition) is 5. The van der Waals surface area contributed by atoms with Crippen LogP contribution in [-0.4, -0.2) is 34.8 Å². The second kappa shape index (κ2) is 11.0. The highest BCUT2D eigenvalue weighted by atomic mass is 32.2. The van der Waals surface area contributed by atoms with Crippen LogP contribution in [0.5, 0.6) is 5.75 Å². The molecule has 3 aromatic rings. The number of aromatic nitrogens is 1. The number of carbonyl (C=O) groups is 1. The number of aryl methyl sites for hydroxylation is 1. The molecule has 2 heterocycles. The first-order chi connectivity index (χ1) is 16.7. The van der Waals surface area contributed by atoms with Crippen LogP contribution in [0, 0.1) is 13.8 Å². The summed E-state index contributed by atoms with van der Waals surface area (Å²) in [5.41, 5.74) is 9.54. The van der Waals surface area contributed by atoms with Crippen molar-refractivity contribution in [2.45, 2.75) is 44.6 Å². The largest absolute Gasteiger partial charge is 0.484 e. The number of amides is 1. The van der Waals surface area contributed by atoms with Crippen molar-refractivity contribution in [3.63, 3.8) is 0 Å². The number of hydrazone groups is 1. The predicted octanol–water partition coefficient (Wildman–Crippen LogP) is 6.40. The Bertz CT molecular complexity index is 1190. The maximum absolute atomic E-state index is 12.2. The van der Waals surface area contributed by atoms with Crippen molar-refractivity contribution in [2.75, 3.05) is 18.1 Å². The maximum Gasteiger partial charge on any atom is 0.277 e. The molecule has 0 bridgehead atoms. The van der Waals surface area contributed by atoms with E-state index in [9.17, 15) is 4.79 Å². The van der Waals surface area contributed by atoms with Gasteiger partial charge in [0, 0.05) is 34.1 Å². The molecule has 0 saturated carbocycles. The fraction of sp³-hybridized carbons (Fsp3) is 0.357. The van der Waals surface area contributed by atoms with Crippen LogP contribution >= 0.6 is 23.5 Å². The highest BCUT2D eigenvalue weighted by Crippen LogP contribution is 2.45. The minimum absolute atomic E-state index is 0.0806. The first-order valence-corrected chi connectivity index (χ1v) is 13.9. The second-order valence-electron chi connectivity index (χ2n) is 9.68. The van der Waals surface area contributed by atoms with Gasteiger partial charge in [0.1, 0.15) is 5.75 Å². The number of rotatable bonds is 7. The van der Waals surface area contributed by atoms with Crippen molar-refractivity contribution in [1.82, 2.24) is 9.99 Å². The molecule has 1 saturated heterocycles. The molecule has 184 valence electrons. The van der Waals surface area contributed by atoms with Crippen LogP contribution in [-0.2, 0) is 10.2 Å². The number of nitrogens with one attached hydrogen (secondary N) is 1. The van der Waals surface area contributed by atoms with Gasteiger partial charge in [0.2, 0.25) is 0 Å². The lowest BCUT2D eigenvalue weighted by Crippen LogP contribution is -2.24. The molecule has 0 aliphatic carbocycles. The molecule has 0 spiro atoms. The summed E-state index contributed by atoms with van der Waals surface area (Å²) in [6.07, 6.45) is 1.69. The fourth-order valence-electron chi connectivity index (χ4n) is 4.05. The molecule has 0 radical (unpaired) electrons. The van der Waals surface area contributed by atoms with Crippen molar-refractivity contribution in [3.05, 3.63) is 82.7 Å². The number of thioether (sulfide) groups is 2. The average Bonchev–Trinajstić information content (AvgIpc) is 3.46. The van der Waals surface area contributed by atoms with Crippen LogP contribution in [0.4, 0.5) is 0 Å². The molecule has 5 nitrogen and oxygen atoms in total. The molecule has 2 aromatic carbocycles. The van der Waals surface area contributed by atoms with E-state index in [1.807, 2.05) is 35.7 Å². The van der Waals surface area contributed by atoms with E-state index in [1.165, 1.54) is 22.6 Å². The summed E-state index contributed by atoms with van der Waals surface area (Å²) in [4.78, 5) is 12.2. The summed E-state index contributed by atoms with van der Waals surface area (Å²) >= 11 is 3.94. The van der Waals surface area contributed by atoms with Crippen molar-refractivity contribution in [2.24, 2.45) is 5.10 Å². The van der Waals surface area contributed by atoms with E-state index in [-0.39, 0.29) is 17.9 Å². The zero-order chi connectivity index (χ0) is 25.0. The second-order valence-corrected chi connectivity index (χ2v) is 12.4. The van der Waals surface area contributed by atoms with Gasteiger partial charge in [-0.1, -0.05) is 45.0 Å². The van der Waals surface area contributed by atoms with E-state index in [1.54, 1.807) is 6.21 Å². The Morgan fingerprint density at radius 3 is 2.37 bits per heavy atom. The fourth-order valence-corrected chi connectivity index (χ4v) is 6.91. The van der Waals surface area contributed by atoms with Gasteiger partial charge in [-0.15, -0.1) is 23.5 Å². The van der Waals surface area contributed by atoms with Gasteiger partial charge in [0.05, 0.1) is 10.8 Å². The third kappa shape index (κ3) is 6.33. The molecule has 0 unspecified atom stereocenters. The van der Waals surface area contributed by atoms with Crippen LogP contribution in [0.25, 0.3) is 5.69 Å². The Morgan fingerprint density at radius 1 is 1.09 bits per heavy atom. The lowest BCUT2D eigenvalue weighted by Gasteiger charge is -2.20. The normalized spacial score (nSPS) is 14.5. The SMILES string of the molecule is Cc1cc(/C=N\NC(=O)COc2ccc(C3SCCS3)cc2)c(C)n1-c1ccc(C(C)(C)C)cc1. The third-order valence-electron chi connectivity index (χ3n) is 6.00. The summed E-state index contributed by atoms with van der Waals surface area (Å²) in [7, 11) is 0. The highest BCUT2D eigenvalue weighted by molar-refractivity contribution is 8.19. The molecule has 1 aliphatic rings. The molecule has 1 aromatic heterocycles. The van der Waals surface area contributed by atoms with Crippen molar-refractivity contribution in [1.29, 1.82) is 0 Å². The molecule has 1 fully saturated rings. The van der Waals surface area contributed by atoms with E-state index in [0.717, 1.165) is 22.6 Å². The highest BCUT2D eigenvalue weighted by Gasteiger charge is 2.18. The maximum atomic E-state index is 12.2. The zero-order valence-electron chi connectivity index (χ0n) is 21.0. The van der Waals surface area contributed by atoms with Gasteiger partial charge >= 0.3 is 0 Å². The van der Waals surface area contributed by atoms with Gasteiger partial charge in [0.15, 0.2) is 6.61 Å². The minimum Gasteiger partial charge on any atom is -0.484 e. The van der Waals surface area contributed by atoms with Crippen molar-refractivity contribution < 1.29 is 9.53 Å². The number of nitrogens with zero attached hydrogens (tertiary/aromatic N) is 2. The summed E-state index contributed by atoms with van der Waals surface area (Å²) in [6.45, 7) is 10.7. The summed E-state index contributed by atoms with van der Waals surface area (Å²) in [5.74, 6) is 2.78. The molecule has 1 aliphatic heterocycles. The van der Waals surface area contributed by atoms with Crippen LogP contribution < -0.4 is 10.2 Å². The van der Waals surface area contributed by atoms with Crippen LogP contribution in [0.3, 0.4) is 0 Å². The Labute approximate surface area is 216 Å². The van der Waals surface area contributed by atoms with E-state index < -0.39 is 0 Å². The Hall–Kier alpha value is -2.64. The molecule has 1 N–H and O–H groups in total. The average molecular weight is 508 g/mol. The first kappa shape index (κ1) is 25.5. The zero-order valence-corrected chi connectivity index (χ0v) is 22.6.